The van der Waals surface area contributed by atoms with Crippen molar-refractivity contribution < 1.29 is 18.8 Å². The van der Waals surface area contributed by atoms with Crippen LogP contribution >= 0.6 is 11.6 Å². The maximum atomic E-state index is 12.9. The third kappa shape index (κ3) is 3.44. The van der Waals surface area contributed by atoms with Gasteiger partial charge >= 0.3 is 0 Å². The fourth-order valence-corrected chi connectivity index (χ4v) is 2.83. The lowest BCUT2D eigenvalue weighted by atomic mass is 10.2. The second kappa shape index (κ2) is 7.23. The number of hydrogen-bond acceptors (Lipinski definition) is 4. The van der Waals surface area contributed by atoms with Crippen LogP contribution in [-0.2, 0) is 9.59 Å². The van der Waals surface area contributed by atoms with E-state index in [1.54, 1.807) is 25.1 Å². The molecule has 8 heteroatoms. The van der Waals surface area contributed by atoms with E-state index in [2.05, 4.69) is 10.9 Å². The number of carbonyl (C=O) groups excluding carboxylic acids is 3. The fraction of sp³-hybridized carbons (Fsp3) is 0.167. The Kier molecular flexibility index (Phi) is 5.01. The molecule has 2 aromatic carbocycles. The third-order valence-electron chi connectivity index (χ3n) is 4.09. The number of rotatable bonds is 4. The van der Waals surface area contributed by atoms with Crippen LogP contribution in [0.4, 0.5) is 10.1 Å². The molecule has 1 saturated heterocycles. The second-order valence-corrected chi connectivity index (χ2v) is 6.22. The molecule has 1 aliphatic rings. The highest BCUT2D eigenvalue weighted by Gasteiger charge is 2.40. The Labute approximate surface area is 153 Å². The molecule has 3 rings (SSSR count). The van der Waals surface area contributed by atoms with Crippen LogP contribution in [0.5, 0.6) is 0 Å². The van der Waals surface area contributed by atoms with Crippen LogP contribution in [0.25, 0.3) is 0 Å². The Morgan fingerprint density at radius 3 is 2.58 bits per heavy atom. The van der Waals surface area contributed by atoms with Gasteiger partial charge in [-0.3, -0.25) is 19.8 Å². The van der Waals surface area contributed by atoms with Gasteiger partial charge in [0.05, 0.1) is 12.1 Å². The molecule has 0 bridgehead atoms. The summed E-state index contributed by atoms with van der Waals surface area (Å²) in [7, 11) is 0. The van der Waals surface area contributed by atoms with E-state index >= 15 is 0 Å². The van der Waals surface area contributed by atoms with Crippen molar-refractivity contribution in [3.63, 3.8) is 0 Å². The molecule has 26 heavy (non-hydrogen) atoms. The first-order valence-corrected chi connectivity index (χ1v) is 8.19. The van der Waals surface area contributed by atoms with Crippen molar-refractivity contribution in [2.24, 2.45) is 0 Å². The first-order chi connectivity index (χ1) is 12.4. The van der Waals surface area contributed by atoms with Gasteiger partial charge in [-0.05, 0) is 48.9 Å². The van der Waals surface area contributed by atoms with Gasteiger partial charge in [-0.2, -0.15) is 0 Å². The van der Waals surface area contributed by atoms with Crippen molar-refractivity contribution in [1.29, 1.82) is 0 Å². The summed E-state index contributed by atoms with van der Waals surface area (Å²) in [6.07, 6.45) is -0.103. The Morgan fingerprint density at radius 1 is 1.19 bits per heavy atom. The van der Waals surface area contributed by atoms with Crippen LogP contribution in [0.1, 0.15) is 22.3 Å². The summed E-state index contributed by atoms with van der Waals surface area (Å²) in [5.41, 5.74) is 6.20. The number of hydrazine groups is 1. The standard InChI is InChI=1S/C18H15ClFN3O3/c1-10-13(19)3-2-4-15(10)23-16(24)9-14(18(23)26)21-22-17(25)11-5-7-12(20)8-6-11/h2-8,14,21H,9H2,1H3,(H,22,25)/t14-/m1/s1. The molecule has 1 fully saturated rings. The highest BCUT2D eigenvalue weighted by Crippen LogP contribution is 2.30. The van der Waals surface area contributed by atoms with Gasteiger partial charge in [0.2, 0.25) is 5.91 Å². The summed E-state index contributed by atoms with van der Waals surface area (Å²) in [6, 6.07) is 9.00. The van der Waals surface area contributed by atoms with E-state index in [0.717, 1.165) is 17.0 Å². The molecule has 0 spiro atoms. The topological polar surface area (TPSA) is 78.5 Å². The molecule has 0 saturated carbocycles. The molecule has 2 aromatic rings. The molecular weight excluding hydrogens is 361 g/mol. The molecule has 2 N–H and O–H groups in total. The average molecular weight is 376 g/mol. The molecule has 0 radical (unpaired) electrons. The maximum Gasteiger partial charge on any atom is 0.265 e. The number of anilines is 1. The van der Waals surface area contributed by atoms with Gasteiger partial charge in [-0.25, -0.2) is 14.7 Å². The van der Waals surface area contributed by atoms with E-state index in [-0.39, 0.29) is 12.0 Å². The van der Waals surface area contributed by atoms with Gasteiger partial charge in [-0.1, -0.05) is 17.7 Å². The summed E-state index contributed by atoms with van der Waals surface area (Å²) in [6.45, 7) is 1.72. The van der Waals surface area contributed by atoms with Crippen LogP contribution in [-0.4, -0.2) is 23.8 Å². The number of carbonyl (C=O) groups is 3. The monoisotopic (exact) mass is 375 g/mol. The second-order valence-electron chi connectivity index (χ2n) is 5.81. The van der Waals surface area contributed by atoms with Crippen molar-refractivity contribution in [3.05, 3.63) is 64.4 Å². The maximum absolute atomic E-state index is 12.9. The summed E-state index contributed by atoms with van der Waals surface area (Å²) in [5, 5.41) is 0.448. The van der Waals surface area contributed by atoms with Crippen molar-refractivity contribution in [3.8, 4) is 0 Å². The number of nitrogens with one attached hydrogen (secondary N) is 2. The number of nitrogens with zero attached hydrogens (tertiary/aromatic N) is 1. The van der Waals surface area contributed by atoms with E-state index in [4.69, 9.17) is 11.6 Å². The molecule has 1 heterocycles. The molecule has 1 atom stereocenters. The summed E-state index contributed by atoms with van der Waals surface area (Å²) >= 11 is 6.06. The van der Waals surface area contributed by atoms with Gasteiger partial charge < -0.3 is 0 Å². The minimum atomic E-state index is -0.898. The average Bonchev–Trinajstić information content (AvgIpc) is 2.90. The predicted molar refractivity (Wildman–Crippen MR) is 94.1 cm³/mol. The summed E-state index contributed by atoms with van der Waals surface area (Å²) in [4.78, 5) is 37.9. The van der Waals surface area contributed by atoms with Gasteiger partial charge in [-0.15, -0.1) is 0 Å². The number of halogens is 2. The van der Waals surface area contributed by atoms with Crippen LogP contribution in [0.15, 0.2) is 42.5 Å². The molecule has 1 aliphatic heterocycles. The lowest BCUT2D eigenvalue weighted by Crippen LogP contribution is -2.48. The van der Waals surface area contributed by atoms with Gasteiger partial charge in [0, 0.05) is 10.6 Å². The van der Waals surface area contributed by atoms with Crippen molar-refractivity contribution >= 4 is 35.0 Å². The Balaban J connectivity index is 1.70. The van der Waals surface area contributed by atoms with E-state index in [0.29, 0.717) is 16.3 Å². The van der Waals surface area contributed by atoms with E-state index in [9.17, 15) is 18.8 Å². The molecule has 0 aliphatic carbocycles. The molecule has 3 amide bonds. The zero-order chi connectivity index (χ0) is 18.8. The normalized spacial score (nSPS) is 16.9. The zero-order valence-corrected chi connectivity index (χ0v) is 14.5. The fourth-order valence-electron chi connectivity index (χ4n) is 2.66. The van der Waals surface area contributed by atoms with Crippen LogP contribution in [0.3, 0.4) is 0 Å². The number of amides is 3. The minimum absolute atomic E-state index is 0.103. The molecular formula is C18H15ClFN3O3. The van der Waals surface area contributed by atoms with E-state index < -0.39 is 29.6 Å². The van der Waals surface area contributed by atoms with Crippen LogP contribution < -0.4 is 15.8 Å². The Hall–Kier alpha value is -2.77. The smallest absolute Gasteiger partial charge is 0.265 e. The quantitative estimate of drug-likeness (QED) is 0.635. The number of hydrogen-bond donors (Lipinski definition) is 2. The van der Waals surface area contributed by atoms with Crippen LogP contribution in [0.2, 0.25) is 5.02 Å². The first-order valence-electron chi connectivity index (χ1n) is 7.82. The zero-order valence-electron chi connectivity index (χ0n) is 13.8. The summed E-state index contributed by atoms with van der Waals surface area (Å²) < 4.78 is 12.9. The SMILES string of the molecule is Cc1c(Cl)cccc1N1C(=O)C[C@@H](NNC(=O)c2ccc(F)cc2)C1=O. The molecule has 0 aromatic heterocycles. The first kappa shape index (κ1) is 18.0. The summed E-state index contributed by atoms with van der Waals surface area (Å²) in [5.74, 6) is -1.88. The number of benzene rings is 2. The Morgan fingerprint density at radius 2 is 1.88 bits per heavy atom. The molecule has 134 valence electrons. The molecule has 0 unspecified atom stereocenters. The van der Waals surface area contributed by atoms with Crippen molar-refractivity contribution in [2.75, 3.05) is 4.90 Å². The van der Waals surface area contributed by atoms with Gasteiger partial charge in [0.1, 0.15) is 11.9 Å². The largest absolute Gasteiger partial charge is 0.287 e. The highest BCUT2D eigenvalue weighted by molar-refractivity contribution is 6.32. The van der Waals surface area contributed by atoms with Gasteiger partial charge in [0.25, 0.3) is 11.8 Å². The lowest BCUT2D eigenvalue weighted by Gasteiger charge is -2.18. The van der Waals surface area contributed by atoms with Crippen LogP contribution in [0, 0.1) is 12.7 Å². The minimum Gasteiger partial charge on any atom is -0.287 e. The van der Waals surface area contributed by atoms with Crippen molar-refractivity contribution in [1.82, 2.24) is 10.9 Å². The Bertz CT molecular complexity index is 886. The van der Waals surface area contributed by atoms with E-state index in [1.165, 1.54) is 12.1 Å². The lowest BCUT2D eigenvalue weighted by molar-refractivity contribution is -0.121. The van der Waals surface area contributed by atoms with Crippen molar-refractivity contribution in [2.45, 2.75) is 19.4 Å². The van der Waals surface area contributed by atoms with Gasteiger partial charge in [0.15, 0.2) is 0 Å². The highest BCUT2D eigenvalue weighted by atomic mass is 35.5. The van der Waals surface area contributed by atoms with E-state index in [1.807, 2.05) is 0 Å². The molecule has 6 nitrogen and oxygen atoms in total. The number of imide groups is 1. The predicted octanol–water partition coefficient (Wildman–Crippen LogP) is 2.35. The third-order valence-corrected chi connectivity index (χ3v) is 4.50.